The molecule has 1 aromatic carbocycles. The molecule has 0 aliphatic heterocycles. The second kappa shape index (κ2) is 4.36. The highest BCUT2D eigenvalue weighted by atomic mass is 16.3. The van der Waals surface area contributed by atoms with E-state index in [0.29, 0.717) is 12.8 Å². The summed E-state index contributed by atoms with van der Waals surface area (Å²) in [6, 6.07) is 4.20. The number of carbonyl (C=O) groups is 1. The van der Waals surface area contributed by atoms with Gasteiger partial charge in [0.2, 0.25) is 0 Å². The number of carbonyl (C=O) groups excluding carboxylic acids is 1. The summed E-state index contributed by atoms with van der Waals surface area (Å²) in [6.07, 6.45) is 2.45. The molecule has 2 heteroatoms. The summed E-state index contributed by atoms with van der Waals surface area (Å²) in [5.41, 5.74) is 4.93. The Kier molecular flexibility index (Phi) is 3.05. The van der Waals surface area contributed by atoms with Gasteiger partial charge in [-0.3, -0.25) is 4.79 Å². The van der Waals surface area contributed by atoms with Crippen LogP contribution >= 0.6 is 0 Å². The molecule has 0 saturated carbocycles. The number of hydrogen-bond acceptors (Lipinski definition) is 2. The second-order valence-electron chi connectivity index (χ2n) is 4.95. The van der Waals surface area contributed by atoms with Gasteiger partial charge in [0.05, 0.1) is 5.76 Å². The number of ketones is 1. The number of allylic oxidation sites excluding steroid dienone is 2. The minimum atomic E-state index is 0.0269. The maximum Gasteiger partial charge on any atom is 0.159 e. The van der Waals surface area contributed by atoms with Crippen molar-refractivity contribution in [1.82, 2.24) is 0 Å². The number of hydrogen-bond donors (Lipinski definition) is 1. The van der Waals surface area contributed by atoms with E-state index in [1.165, 1.54) is 28.3 Å². The maximum absolute atomic E-state index is 11.5. The van der Waals surface area contributed by atoms with Gasteiger partial charge >= 0.3 is 0 Å². The van der Waals surface area contributed by atoms with Crippen LogP contribution in [0.3, 0.4) is 0 Å². The van der Waals surface area contributed by atoms with E-state index in [1.807, 2.05) is 0 Å². The van der Waals surface area contributed by atoms with E-state index in [9.17, 15) is 9.90 Å². The van der Waals surface area contributed by atoms with Crippen LogP contribution in [0, 0.1) is 20.8 Å². The molecule has 1 N–H and O–H groups in total. The Bertz CT molecular complexity index is 498. The van der Waals surface area contributed by atoms with Crippen LogP contribution in [-0.2, 0) is 4.79 Å². The van der Waals surface area contributed by atoms with Crippen molar-refractivity contribution < 1.29 is 9.90 Å². The topological polar surface area (TPSA) is 37.3 Å². The molecule has 0 aromatic heterocycles. The van der Waals surface area contributed by atoms with Crippen molar-refractivity contribution >= 4 is 5.78 Å². The van der Waals surface area contributed by atoms with Crippen molar-refractivity contribution in [2.45, 2.75) is 39.5 Å². The molecule has 0 amide bonds. The number of aryl methyl sites for hydroxylation is 2. The van der Waals surface area contributed by atoms with Crippen molar-refractivity contribution in [2.24, 2.45) is 0 Å². The molecular formula is C15H18O2. The van der Waals surface area contributed by atoms with Crippen molar-refractivity contribution in [1.29, 1.82) is 0 Å². The van der Waals surface area contributed by atoms with E-state index in [2.05, 4.69) is 32.9 Å². The average Bonchev–Trinajstić information content (AvgIpc) is 2.23. The van der Waals surface area contributed by atoms with Gasteiger partial charge in [-0.25, -0.2) is 0 Å². The lowest BCUT2D eigenvalue weighted by atomic mass is 9.81. The third-order valence-corrected chi connectivity index (χ3v) is 3.64. The third-order valence-electron chi connectivity index (χ3n) is 3.64. The Balaban J connectivity index is 2.45. The summed E-state index contributed by atoms with van der Waals surface area (Å²) in [6.45, 7) is 6.25. The van der Waals surface area contributed by atoms with E-state index < -0.39 is 0 Å². The van der Waals surface area contributed by atoms with Crippen LogP contribution in [-0.4, -0.2) is 10.9 Å². The smallest absolute Gasteiger partial charge is 0.159 e. The molecule has 0 spiro atoms. The number of rotatable bonds is 1. The molecule has 2 rings (SSSR count). The summed E-state index contributed by atoms with van der Waals surface area (Å²) in [7, 11) is 0. The van der Waals surface area contributed by atoms with Crippen molar-refractivity contribution in [3.63, 3.8) is 0 Å². The van der Waals surface area contributed by atoms with Gasteiger partial charge in [-0.1, -0.05) is 12.1 Å². The fraction of sp³-hybridized carbons (Fsp3) is 0.400. The molecule has 17 heavy (non-hydrogen) atoms. The predicted octanol–water partition coefficient (Wildman–Crippen LogP) is 3.50. The van der Waals surface area contributed by atoms with Crippen LogP contribution in [0.25, 0.3) is 0 Å². The average molecular weight is 230 g/mol. The molecular weight excluding hydrogens is 212 g/mol. The zero-order valence-electron chi connectivity index (χ0n) is 10.6. The first-order valence-corrected chi connectivity index (χ1v) is 5.98. The van der Waals surface area contributed by atoms with Crippen LogP contribution in [0.5, 0.6) is 0 Å². The van der Waals surface area contributed by atoms with E-state index in [-0.39, 0.29) is 17.5 Å². The normalized spacial score (nSPS) is 20.3. The monoisotopic (exact) mass is 230 g/mol. The fourth-order valence-corrected chi connectivity index (χ4v) is 2.68. The molecule has 1 aromatic rings. The highest BCUT2D eigenvalue weighted by molar-refractivity contribution is 5.91. The Morgan fingerprint density at radius 2 is 1.76 bits per heavy atom. The lowest BCUT2D eigenvalue weighted by Crippen LogP contribution is -2.15. The molecule has 2 nitrogen and oxygen atoms in total. The van der Waals surface area contributed by atoms with Crippen LogP contribution in [0.15, 0.2) is 24.0 Å². The van der Waals surface area contributed by atoms with Gasteiger partial charge in [0, 0.05) is 18.9 Å². The standard InChI is InChI=1S/C15H18O2/c1-9-4-5-10(2)15(11(9)3)12-6-13(16)8-14(17)7-12/h4-5,8,12,16H,6-7H2,1-3H3. The molecule has 90 valence electrons. The largest absolute Gasteiger partial charge is 0.512 e. The Labute approximate surface area is 102 Å². The fourth-order valence-electron chi connectivity index (χ4n) is 2.68. The first-order chi connectivity index (χ1) is 7.99. The molecule has 1 aliphatic rings. The van der Waals surface area contributed by atoms with Gasteiger partial charge in [0.25, 0.3) is 0 Å². The van der Waals surface area contributed by atoms with Crippen molar-refractivity contribution in [3.05, 3.63) is 46.2 Å². The van der Waals surface area contributed by atoms with Gasteiger partial charge in [0.1, 0.15) is 0 Å². The highest BCUT2D eigenvalue weighted by Crippen LogP contribution is 2.35. The van der Waals surface area contributed by atoms with Crippen molar-refractivity contribution in [3.8, 4) is 0 Å². The quantitative estimate of drug-likeness (QED) is 0.801. The van der Waals surface area contributed by atoms with Crippen LogP contribution in [0.4, 0.5) is 0 Å². The van der Waals surface area contributed by atoms with Gasteiger partial charge in [-0.15, -0.1) is 0 Å². The zero-order valence-corrected chi connectivity index (χ0v) is 10.6. The molecule has 0 saturated heterocycles. The number of aliphatic hydroxyl groups excluding tert-OH is 1. The zero-order chi connectivity index (χ0) is 12.6. The predicted molar refractivity (Wildman–Crippen MR) is 68.3 cm³/mol. The van der Waals surface area contributed by atoms with Gasteiger partial charge in [-0.05, 0) is 48.9 Å². The molecule has 0 bridgehead atoms. The van der Waals surface area contributed by atoms with Gasteiger partial charge < -0.3 is 5.11 Å². The van der Waals surface area contributed by atoms with E-state index in [0.717, 1.165) is 0 Å². The van der Waals surface area contributed by atoms with E-state index >= 15 is 0 Å². The summed E-state index contributed by atoms with van der Waals surface area (Å²) in [5.74, 6) is 0.373. The van der Waals surface area contributed by atoms with Crippen LogP contribution in [0.2, 0.25) is 0 Å². The van der Waals surface area contributed by atoms with Crippen LogP contribution in [0.1, 0.15) is 41.0 Å². The molecule has 0 fully saturated rings. The summed E-state index contributed by atoms with van der Waals surface area (Å²) >= 11 is 0. The van der Waals surface area contributed by atoms with Crippen LogP contribution < -0.4 is 0 Å². The lowest BCUT2D eigenvalue weighted by molar-refractivity contribution is -0.115. The second-order valence-corrected chi connectivity index (χ2v) is 4.95. The Morgan fingerprint density at radius 1 is 1.12 bits per heavy atom. The lowest BCUT2D eigenvalue weighted by Gasteiger charge is -2.24. The van der Waals surface area contributed by atoms with Gasteiger partial charge in [0.15, 0.2) is 5.78 Å². The Hall–Kier alpha value is -1.57. The maximum atomic E-state index is 11.5. The molecule has 0 radical (unpaired) electrons. The summed E-state index contributed by atoms with van der Waals surface area (Å²) < 4.78 is 0. The summed E-state index contributed by atoms with van der Waals surface area (Å²) in [5, 5.41) is 9.60. The minimum absolute atomic E-state index is 0.0269. The number of benzene rings is 1. The highest BCUT2D eigenvalue weighted by Gasteiger charge is 2.24. The van der Waals surface area contributed by atoms with E-state index in [4.69, 9.17) is 0 Å². The van der Waals surface area contributed by atoms with E-state index in [1.54, 1.807) is 0 Å². The SMILES string of the molecule is Cc1ccc(C)c(C2CC(=O)C=C(O)C2)c1C. The first-order valence-electron chi connectivity index (χ1n) is 5.98. The molecule has 0 heterocycles. The molecule has 1 atom stereocenters. The first kappa shape index (κ1) is 11.9. The minimum Gasteiger partial charge on any atom is -0.512 e. The van der Waals surface area contributed by atoms with Gasteiger partial charge in [-0.2, -0.15) is 0 Å². The third kappa shape index (κ3) is 2.26. The Morgan fingerprint density at radius 3 is 2.41 bits per heavy atom. The number of aliphatic hydroxyl groups is 1. The molecule has 1 unspecified atom stereocenters. The van der Waals surface area contributed by atoms with Crippen molar-refractivity contribution in [2.75, 3.05) is 0 Å². The summed E-state index contributed by atoms with van der Waals surface area (Å²) in [4.78, 5) is 11.5. The molecule has 1 aliphatic carbocycles.